The lowest BCUT2D eigenvalue weighted by Crippen LogP contribution is -2.18. The summed E-state index contributed by atoms with van der Waals surface area (Å²) >= 11 is 0. The van der Waals surface area contributed by atoms with Crippen molar-refractivity contribution in [2.75, 3.05) is 16.9 Å². The Morgan fingerprint density at radius 1 is 1.14 bits per heavy atom. The first-order valence-electron chi connectivity index (χ1n) is 6.05. The molecule has 0 aliphatic rings. The van der Waals surface area contributed by atoms with Crippen LogP contribution < -0.4 is 27.5 Å². The summed E-state index contributed by atoms with van der Waals surface area (Å²) in [5.41, 5.74) is 13.9. The van der Waals surface area contributed by atoms with Gasteiger partial charge in [-0.1, -0.05) is 30.3 Å². The number of pyridine rings is 1. The summed E-state index contributed by atoms with van der Waals surface area (Å²) in [4.78, 5) is 3.83. The van der Waals surface area contributed by atoms with Crippen molar-refractivity contribution in [3.63, 3.8) is 0 Å². The Balaban J connectivity index is 2.36. The zero-order chi connectivity index (χ0) is 15.4. The second-order valence-electron chi connectivity index (χ2n) is 4.24. The number of hydrogen-bond acceptors (Lipinski definition) is 6. The van der Waals surface area contributed by atoms with Crippen LogP contribution >= 0.6 is 0 Å². The number of alkyl halides is 2. The van der Waals surface area contributed by atoms with Gasteiger partial charge in [-0.25, -0.2) is 19.6 Å². The molecule has 1 atom stereocenters. The van der Waals surface area contributed by atoms with Gasteiger partial charge >= 0.3 is 0 Å². The second kappa shape index (κ2) is 6.23. The van der Waals surface area contributed by atoms with Crippen LogP contribution in [0.25, 0.3) is 0 Å². The summed E-state index contributed by atoms with van der Waals surface area (Å²) in [6.45, 7) is 0. The Hall–Kier alpha value is -2.61. The van der Waals surface area contributed by atoms with Crippen molar-refractivity contribution in [3.8, 4) is 5.75 Å². The highest BCUT2D eigenvalue weighted by molar-refractivity contribution is 5.71. The fourth-order valence-corrected chi connectivity index (χ4v) is 1.80. The van der Waals surface area contributed by atoms with E-state index in [2.05, 4.69) is 10.4 Å². The molecule has 21 heavy (non-hydrogen) atoms. The summed E-state index contributed by atoms with van der Waals surface area (Å²) in [7, 11) is 0. The van der Waals surface area contributed by atoms with Gasteiger partial charge in [-0.2, -0.15) is 0 Å². The Labute approximate surface area is 119 Å². The lowest BCUT2D eigenvalue weighted by molar-refractivity contribution is 0.0109. The maximum Gasteiger partial charge on any atom is 0.279 e. The van der Waals surface area contributed by atoms with Gasteiger partial charge in [-0.3, -0.25) is 0 Å². The second-order valence-corrected chi connectivity index (χ2v) is 4.24. The zero-order valence-electron chi connectivity index (χ0n) is 11.0. The summed E-state index contributed by atoms with van der Waals surface area (Å²) in [5.74, 6) is 5.34. The normalized spacial score (nSPS) is 12.2. The van der Waals surface area contributed by atoms with Gasteiger partial charge in [0.1, 0.15) is 11.5 Å². The number of hydrazine groups is 1. The fraction of sp³-hybridized carbons (Fsp3) is 0.154. The molecule has 1 unspecified atom stereocenters. The van der Waals surface area contributed by atoms with E-state index in [-0.39, 0.29) is 23.1 Å². The summed E-state index contributed by atoms with van der Waals surface area (Å²) in [6.07, 6.45) is -4.21. The van der Waals surface area contributed by atoms with Crippen LogP contribution in [0, 0.1) is 0 Å². The van der Waals surface area contributed by atoms with Crippen molar-refractivity contribution >= 4 is 17.3 Å². The molecule has 0 aliphatic carbocycles. The molecular weight excluding hydrogens is 280 g/mol. The Kier molecular flexibility index (Phi) is 4.39. The monoisotopic (exact) mass is 295 g/mol. The number of nitrogens with one attached hydrogen (secondary N) is 1. The summed E-state index contributed by atoms with van der Waals surface area (Å²) < 4.78 is 31.8. The van der Waals surface area contributed by atoms with E-state index in [9.17, 15) is 8.78 Å². The molecule has 1 heterocycles. The molecule has 0 aliphatic heterocycles. The van der Waals surface area contributed by atoms with Crippen LogP contribution in [0.15, 0.2) is 36.4 Å². The van der Waals surface area contributed by atoms with Crippen LogP contribution in [0.1, 0.15) is 11.7 Å². The standard InChI is InChI=1S/C13H15F2N5O/c14-12(15)11(7-4-2-1-3-5-7)21-8-6-9(16)19-13(20-18)10(8)17/h1-6,11-12H,17-18H2,(H3,16,19,20). The molecule has 1 aromatic carbocycles. The number of aromatic nitrogens is 1. The van der Waals surface area contributed by atoms with Gasteiger partial charge in [0.05, 0.1) is 0 Å². The number of ether oxygens (including phenoxy) is 1. The van der Waals surface area contributed by atoms with Crippen molar-refractivity contribution in [3.05, 3.63) is 42.0 Å². The van der Waals surface area contributed by atoms with Gasteiger partial charge in [0.2, 0.25) is 0 Å². The van der Waals surface area contributed by atoms with E-state index in [4.69, 9.17) is 22.0 Å². The molecule has 112 valence electrons. The van der Waals surface area contributed by atoms with Crippen molar-refractivity contribution in [2.24, 2.45) is 5.84 Å². The van der Waals surface area contributed by atoms with Crippen molar-refractivity contribution in [2.45, 2.75) is 12.5 Å². The van der Waals surface area contributed by atoms with E-state index in [0.29, 0.717) is 5.56 Å². The third-order valence-corrected chi connectivity index (χ3v) is 2.79. The number of halogens is 2. The zero-order valence-corrected chi connectivity index (χ0v) is 11.0. The molecule has 6 nitrogen and oxygen atoms in total. The molecule has 0 saturated heterocycles. The molecule has 7 N–H and O–H groups in total. The predicted octanol–water partition coefficient (Wildman–Crippen LogP) is 1.92. The van der Waals surface area contributed by atoms with E-state index >= 15 is 0 Å². The quantitative estimate of drug-likeness (QED) is 0.495. The molecule has 0 fully saturated rings. The third-order valence-electron chi connectivity index (χ3n) is 2.79. The molecule has 1 aromatic heterocycles. The van der Waals surface area contributed by atoms with Gasteiger partial charge in [0, 0.05) is 6.07 Å². The van der Waals surface area contributed by atoms with E-state index in [1.165, 1.54) is 6.07 Å². The summed E-state index contributed by atoms with van der Waals surface area (Å²) in [5, 5.41) is 0. The van der Waals surface area contributed by atoms with Crippen LogP contribution in [0.2, 0.25) is 0 Å². The SMILES string of the molecule is NNc1nc(N)cc(OC(c2ccccc2)C(F)F)c1N. The first kappa shape index (κ1) is 14.8. The number of nitrogen functional groups attached to an aromatic ring is 3. The third kappa shape index (κ3) is 3.29. The van der Waals surface area contributed by atoms with E-state index in [0.717, 1.165) is 0 Å². The van der Waals surface area contributed by atoms with Gasteiger partial charge in [0.15, 0.2) is 17.7 Å². The van der Waals surface area contributed by atoms with E-state index in [1.54, 1.807) is 30.3 Å². The van der Waals surface area contributed by atoms with Crippen LogP contribution in [0.4, 0.5) is 26.1 Å². The minimum Gasteiger partial charge on any atom is -0.477 e. The average Bonchev–Trinajstić information content (AvgIpc) is 2.48. The largest absolute Gasteiger partial charge is 0.477 e. The van der Waals surface area contributed by atoms with Gasteiger partial charge in [-0.15, -0.1) is 0 Å². The van der Waals surface area contributed by atoms with E-state index in [1.807, 2.05) is 0 Å². The first-order valence-corrected chi connectivity index (χ1v) is 6.05. The number of benzene rings is 1. The van der Waals surface area contributed by atoms with Crippen molar-refractivity contribution < 1.29 is 13.5 Å². The smallest absolute Gasteiger partial charge is 0.279 e. The Morgan fingerprint density at radius 2 is 1.81 bits per heavy atom. The first-order chi connectivity index (χ1) is 10.0. The van der Waals surface area contributed by atoms with Gasteiger partial charge < -0.3 is 21.6 Å². The molecule has 0 bridgehead atoms. The minimum atomic E-state index is -2.74. The van der Waals surface area contributed by atoms with Crippen LogP contribution in [-0.2, 0) is 0 Å². The highest BCUT2D eigenvalue weighted by atomic mass is 19.3. The van der Waals surface area contributed by atoms with E-state index < -0.39 is 12.5 Å². The predicted molar refractivity (Wildman–Crippen MR) is 76.7 cm³/mol. The van der Waals surface area contributed by atoms with Crippen molar-refractivity contribution in [1.82, 2.24) is 4.98 Å². The summed E-state index contributed by atoms with van der Waals surface area (Å²) in [6, 6.07) is 9.37. The molecule has 8 heteroatoms. The molecule has 0 saturated carbocycles. The van der Waals surface area contributed by atoms with Crippen LogP contribution in [0.3, 0.4) is 0 Å². The maximum atomic E-state index is 13.2. The average molecular weight is 295 g/mol. The number of anilines is 3. The van der Waals surface area contributed by atoms with Crippen molar-refractivity contribution in [1.29, 1.82) is 0 Å². The minimum absolute atomic E-state index is 0.00767. The maximum absolute atomic E-state index is 13.2. The topological polar surface area (TPSA) is 112 Å². The lowest BCUT2D eigenvalue weighted by Gasteiger charge is -2.20. The Bertz CT molecular complexity index is 609. The molecule has 0 amide bonds. The molecule has 0 radical (unpaired) electrons. The van der Waals surface area contributed by atoms with Crippen LogP contribution in [0.5, 0.6) is 5.75 Å². The number of hydrogen-bond donors (Lipinski definition) is 4. The van der Waals surface area contributed by atoms with Gasteiger partial charge in [-0.05, 0) is 5.56 Å². The molecular formula is C13H15F2N5O. The molecule has 2 aromatic rings. The number of nitrogens with zero attached hydrogens (tertiary/aromatic N) is 1. The highest BCUT2D eigenvalue weighted by Crippen LogP contribution is 2.35. The highest BCUT2D eigenvalue weighted by Gasteiger charge is 2.26. The van der Waals surface area contributed by atoms with Gasteiger partial charge in [0.25, 0.3) is 6.43 Å². The molecule has 2 rings (SSSR count). The molecule has 0 spiro atoms. The fourth-order valence-electron chi connectivity index (χ4n) is 1.80. The number of nitrogens with two attached hydrogens (primary N) is 3. The van der Waals surface area contributed by atoms with Crippen LogP contribution in [-0.4, -0.2) is 11.4 Å². The lowest BCUT2D eigenvalue weighted by atomic mass is 10.1. The number of rotatable bonds is 5. The Morgan fingerprint density at radius 3 is 2.38 bits per heavy atom.